The molecule has 4 saturated carbocycles. The second-order valence-corrected chi connectivity index (χ2v) is 18.3. The van der Waals surface area contributed by atoms with Gasteiger partial charge < -0.3 is 52.9 Å². The Balaban J connectivity index is 1.54. The quantitative estimate of drug-likeness (QED) is 0.185. The van der Waals surface area contributed by atoms with Crippen LogP contribution in [-0.2, 0) is 57.1 Å². The summed E-state index contributed by atoms with van der Waals surface area (Å²) in [6, 6.07) is 1.51. The average Bonchev–Trinajstić information content (AvgIpc) is 3.83. The van der Waals surface area contributed by atoms with Gasteiger partial charge in [0.2, 0.25) is 0 Å². The van der Waals surface area contributed by atoms with Gasteiger partial charge in [-0.2, -0.15) is 0 Å². The zero-order valence-electron chi connectivity index (χ0n) is 33.3. The maximum Gasteiger partial charge on any atom is 0.317 e. The van der Waals surface area contributed by atoms with E-state index in [4.69, 9.17) is 37.6 Å². The predicted molar refractivity (Wildman–Crippen MR) is 185 cm³/mol. The van der Waals surface area contributed by atoms with E-state index in [1.165, 1.54) is 39.5 Å². The van der Waals surface area contributed by atoms with Crippen molar-refractivity contribution in [1.29, 1.82) is 0 Å². The summed E-state index contributed by atoms with van der Waals surface area (Å²) < 4.78 is 50.3. The number of hydrogen-bond donors (Lipinski definition) is 3. The van der Waals surface area contributed by atoms with Gasteiger partial charge in [0.25, 0.3) is 5.97 Å². The zero-order valence-corrected chi connectivity index (χ0v) is 33.3. The lowest BCUT2D eigenvalue weighted by Crippen LogP contribution is -2.97. The van der Waals surface area contributed by atoms with Crippen molar-refractivity contribution in [2.75, 3.05) is 7.11 Å². The lowest BCUT2D eigenvalue weighted by atomic mass is 9.31. The van der Waals surface area contributed by atoms with Crippen molar-refractivity contribution < 1.29 is 76.9 Å². The highest BCUT2D eigenvalue weighted by Crippen LogP contribution is 2.90. The van der Waals surface area contributed by atoms with E-state index < -0.39 is 134 Å². The van der Waals surface area contributed by atoms with Crippen LogP contribution in [0.5, 0.6) is 0 Å². The van der Waals surface area contributed by atoms with Crippen LogP contribution in [0.1, 0.15) is 93.2 Å². The third-order valence-corrected chi connectivity index (χ3v) is 15.5. The number of fused-ring (bicyclic) bond motifs is 3. The van der Waals surface area contributed by atoms with Crippen LogP contribution in [0.25, 0.3) is 0 Å². The Bertz CT molecular complexity index is 1900. The maximum absolute atomic E-state index is 14.6. The van der Waals surface area contributed by atoms with E-state index in [1.54, 1.807) is 41.5 Å². The van der Waals surface area contributed by atoms with Gasteiger partial charge in [0.15, 0.2) is 17.3 Å². The van der Waals surface area contributed by atoms with E-state index in [0.717, 1.165) is 6.92 Å². The molecule has 3 aliphatic heterocycles. The number of carbonyl (C=O) groups excluding carboxylic acids is 5. The Morgan fingerprint density at radius 2 is 1.66 bits per heavy atom. The number of esters is 4. The summed E-state index contributed by atoms with van der Waals surface area (Å²) in [5, 5.41) is 40.1. The molecule has 1 aromatic heterocycles. The van der Waals surface area contributed by atoms with E-state index >= 15 is 0 Å². The first kappa shape index (κ1) is 39.4. The van der Waals surface area contributed by atoms with Gasteiger partial charge in [0.1, 0.15) is 41.2 Å². The molecule has 2 spiro atoms. The normalized spacial score (nSPS) is 50.9. The van der Waals surface area contributed by atoms with Crippen LogP contribution in [0.2, 0.25) is 0 Å². The van der Waals surface area contributed by atoms with E-state index in [2.05, 4.69) is 0 Å². The van der Waals surface area contributed by atoms with Crippen molar-refractivity contribution in [3.63, 3.8) is 0 Å². The largest absolute Gasteiger partial charge is 0.472 e. The Hall–Kier alpha value is -3.41. The molecule has 8 rings (SSSR count). The molecule has 1 aromatic rings. The Morgan fingerprint density at radius 1 is 0.982 bits per heavy atom. The van der Waals surface area contributed by atoms with Gasteiger partial charge in [0, 0.05) is 53.9 Å². The molecule has 4 heterocycles. The third-order valence-electron chi connectivity index (χ3n) is 15.5. The molecule has 7 aliphatic rings. The first-order valence-corrected chi connectivity index (χ1v) is 19.4. The molecule has 16 heteroatoms. The summed E-state index contributed by atoms with van der Waals surface area (Å²) in [7, 11) is 1.21. The van der Waals surface area contributed by atoms with Crippen molar-refractivity contribution >= 4 is 29.7 Å². The molecule has 0 amide bonds. The van der Waals surface area contributed by atoms with Crippen molar-refractivity contribution in [3.8, 4) is 0 Å². The molecule has 0 radical (unpaired) electrons. The number of ether oxygens (including phenoxy) is 7. The first-order valence-electron chi connectivity index (χ1n) is 19.4. The Kier molecular flexibility index (Phi) is 8.18. The van der Waals surface area contributed by atoms with E-state index in [9.17, 15) is 39.3 Å². The minimum Gasteiger partial charge on any atom is -0.472 e. The molecular weight excluding hydrogens is 736 g/mol. The smallest absolute Gasteiger partial charge is 0.317 e. The Morgan fingerprint density at radius 3 is 2.23 bits per heavy atom. The van der Waals surface area contributed by atoms with E-state index in [1.807, 2.05) is 0 Å². The van der Waals surface area contributed by atoms with Crippen LogP contribution in [-0.4, -0.2) is 105 Å². The van der Waals surface area contributed by atoms with Gasteiger partial charge in [-0.05, 0) is 24.8 Å². The fraction of sp³-hybridized carbons (Fsp3) is 0.775. The van der Waals surface area contributed by atoms with Gasteiger partial charge in [-0.25, -0.2) is 0 Å². The summed E-state index contributed by atoms with van der Waals surface area (Å²) in [5.41, 5.74) is -14.2. The second kappa shape index (κ2) is 11.6. The maximum atomic E-state index is 14.6. The fourth-order valence-electron chi connectivity index (χ4n) is 13.5. The van der Waals surface area contributed by atoms with Crippen LogP contribution in [0, 0.1) is 45.8 Å². The number of aliphatic hydroxyl groups excluding tert-OH is 2. The number of methoxy groups -OCH3 is 1. The summed E-state index contributed by atoms with van der Waals surface area (Å²) in [6.45, 7) is 14.0. The molecule has 0 aromatic carbocycles. The minimum absolute atomic E-state index is 0.135. The van der Waals surface area contributed by atoms with Gasteiger partial charge in [0.05, 0.1) is 31.7 Å². The number of cyclic esters (lactones) is 1. The standard InChI is InChI=1S/C40H52O16/c1-11-18(4)29(46)53-31-33(6)16-37-35(8,21(33)14-22(42)49-10)40-27(45)26(44)34(7)25(23(24(43)17(2)3)30(47)52-28(34)20-12-13-50-15-20)39(40,55-36(9,54-37)56-40)32(38(31,37)48)51-19(5)41/h12-13,15,17-18,21,23,25-28,31-32,44-45,48H,11,14,16H2,1-10H3/t18?,21-,23?,25+,26-,27+,28-,31-,32+,33+,34-,35+,36?,37?,38-,39+,40-/m0/s1. The lowest BCUT2D eigenvalue weighted by Gasteiger charge is -2.78. The van der Waals surface area contributed by atoms with Gasteiger partial charge >= 0.3 is 23.9 Å². The molecule has 3 N–H and O–H groups in total. The highest BCUT2D eigenvalue weighted by atomic mass is 16.9. The number of aliphatic hydroxyl groups is 3. The molecule has 7 fully saturated rings. The van der Waals surface area contributed by atoms with Crippen molar-refractivity contribution in [2.45, 2.75) is 140 Å². The van der Waals surface area contributed by atoms with Crippen LogP contribution < -0.4 is 0 Å². The minimum atomic E-state index is -2.57. The SMILES string of the molecule is CCC(C)C(=O)O[C@H]1[C@]2(C)CC34OC5(C)O[C@]6([C@@H]7C(C(=O)C(C)C)C(=O)O[C@@H](c8ccoc8)[C@]7(C)[C@@H](O)[C@@H](O)[C@]6(O5)[C@]3(C)[C@H]2CC(=O)OC)[C@H](OC(C)=O)[C@@]14O. The Labute approximate surface area is 323 Å². The van der Waals surface area contributed by atoms with E-state index in [0.29, 0.717) is 6.42 Å². The monoisotopic (exact) mass is 788 g/mol. The van der Waals surface area contributed by atoms with Crippen LogP contribution in [0.3, 0.4) is 0 Å². The molecule has 17 atom stereocenters. The molecule has 3 saturated heterocycles. The summed E-state index contributed by atoms with van der Waals surface area (Å²) >= 11 is 0. The topological polar surface area (TPSA) is 224 Å². The van der Waals surface area contributed by atoms with Crippen LogP contribution in [0.4, 0.5) is 0 Å². The van der Waals surface area contributed by atoms with Crippen LogP contribution >= 0.6 is 0 Å². The first-order chi connectivity index (χ1) is 26.0. The predicted octanol–water partition coefficient (Wildman–Crippen LogP) is 2.29. The van der Waals surface area contributed by atoms with E-state index in [-0.39, 0.29) is 18.4 Å². The van der Waals surface area contributed by atoms with Crippen molar-refractivity contribution in [3.05, 3.63) is 24.2 Å². The number of hydrogen-bond acceptors (Lipinski definition) is 16. The third kappa shape index (κ3) is 3.94. The highest BCUT2D eigenvalue weighted by molar-refractivity contribution is 6.01. The highest BCUT2D eigenvalue weighted by Gasteiger charge is 3.06. The van der Waals surface area contributed by atoms with Crippen molar-refractivity contribution in [1.82, 2.24) is 0 Å². The average molecular weight is 789 g/mol. The lowest BCUT2D eigenvalue weighted by molar-refractivity contribution is -0.492. The number of furan rings is 1. The number of ketones is 1. The molecule has 16 nitrogen and oxygen atoms in total. The molecule has 4 bridgehead atoms. The molecule has 56 heavy (non-hydrogen) atoms. The molecule has 4 unspecified atom stereocenters. The number of carbonyl (C=O) groups is 5. The zero-order chi connectivity index (χ0) is 41.1. The summed E-state index contributed by atoms with van der Waals surface area (Å²) in [6.07, 6.45) is -6.40. The fourth-order valence-corrected chi connectivity index (χ4v) is 13.5. The summed E-state index contributed by atoms with van der Waals surface area (Å²) in [4.78, 5) is 70.4. The van der Waals surface area contributed by atoms with Gasteiger partial charge in [-0.1, -0.05) is 48.5 Å². The molecular formula is C40H52O16. The summed E-state index contributed by atoms with van der Waals surface area (Å²) in [5.74, 6) is -12.1. The number of rotatable bonds is 9. The van der Waals surface area contributed by atoms with Crippen LogP contribution in [0.15, 0.2) is 23.0 Å². The number of Topliss-reactive ketones (excluding diaryl/α,β-unsaturated/α-hetero) is 1. The second-order valence-electron chi connectivity index (χ2n) is 18.3. The molecule has 4 aliphatic carbocycles. The van der Waals surface area contributed by atoms with Gasteiger partial charge in [-0.3, -0.25) is 24.0 Å². The van der Waals surface area contributed by atoms with Crippen molar-refractivity contribution in [2.24, 2.45) is 45.8 Å². The molecule has 308 valence electrons. The van der Waals surface area contributed by atoms with Gasteiger partial charge in [-0.15, -0.1) is 0 Å².